The molecule has 3 rings (SSSR count). The zero-order valence-corrected chi connectivity index (χ0v) is 8.27. The number of para-hydroxylation sites is 1. The molecule has 2 heterocycles. The zero-order chi connectivity index (χ0) is 11.1. The molecule has 2 aliphatic heterocycles. The molecule has 80 valence electrons. The fourth-order valence-corrected chi connectivity index (χ4v) is 1.89. The quantitative estimate of drug-likeness (QED) is 0.780. The Hall–Kier alpha value is -2.23. The lowest BCUT2D eigenvalue weighted by atomic mass is 9.99. The van der Waals surface area contributed by atoms with Gasteiger partial charge in [-0.15, -0.1) is 0 Å². The number of hydrogen-bond acceptors (Lipinski definition) is 3. The number of allylic oxidation sites excluding steroid dienone is 1. The highest BCUT2D eigenvalue weighted by Gasteiger charge is 2.26. The first-order valence-corrected chi connectivity index (χ1v) is 4.84. The summed E-state index contributed by atoms with van der Waals surface area (Å²) in [5, 5.41) is 9.03. The number of fused-ring (bicyclic) bond motifs is 3. The van der Waals surface area contributed by atoms with Gasteiger partial charge in [0.15, 0.2) is 5.76 Å². The molecule has 0 aliphatic carbocycles. The summed E-state index contributed by atoms with van der Waals surface area (Å²) in [6.45, 7) is 0.501. The van der Waals surface area contributed by atoms with Crippen molar-refractivity contribution in [3.63, 3.8) is 0 Å². The maximum atomic E-state index is 11.0. The Kier molecular flexibility index (Phi) is 1.77. The van der Waals surface area contributed by atoms with Gasteiger partial charge in [0.1, 0.15) is 24.2 Å². The van der Waals surface area contributed by atoms with E-state index in [1.165, 1.54) is 12.3 Å². The molecule has 2 aliphatic rings. The minimum Gasteiger partial charge on any atom is -0.486 e. The molecule has 0 amide bonds. The van der Waals surface area contributed by atoms with E-state index >= 15 is 0 Å². The molecule has 0 bridgehead atoms. The van der Waals surface area contributed by atoms with Crippen LogP contribution in [-0.4, -0.2) is 17.7 Å². The Balaban J connectivity index is 2.22. The third-order valence-electron chi connectivity index (χ3n) is 2.61. The van der Waals surface area contributed by atoms with Crippen molar-refractivity contribution in [2.24, 2.45) is 0 Å². The molecule has 0 radical (unpaired) electrons. The minimum absolute atomic E-state index is 0.167. The van der Waals surface area contributed by atoms with Crippen molar-refractivity contribution in [3.8, 4) is 5.75 Å². The van der Waals surface area contributed by atoms with Crippen LogP contribution < -0.4 is 4.74 Å². The fourth-order valence-electron chi connectivity index (χ4n) is 1.89. The van der Waals surface area contributed by atoms with Crippen LogP contribution >= 0.6 is 0 Å². The standard InChI is InChI=1S/C12H8O4/c13-12(14)9-3-1-2-8-7-4-5-15-10(7)6-16-11(8)9/h1-4,6H,5H2,(H,13,14). The van der Waals surface area contributed by atoms with Crippen LogP contribution in [0.3, 0.4) is 0 Å². The van der Waals surface area contributed by atoms with E-state index in [-0.39, 0.29) is 5.56 Å². The molecule has 0 saturated carbocycles. The first kappa shape index (κ1) is 9.03. The lowest BCUT2D eigenvalue weighted by Crippen LogP contribution is -2.07. The van der Waals surface area contributed by atoms with E-state index in [9.17, 15) is 4.79 Å². The highest BCUT2D eigenvalue weighted by molar-refractivity contribution is 5.95. The predicted molar refractivity (Wildman–Crippen MR) is 56.0 cm³/mol. The van der Waals surface area contributed by atoms with E-state index in [2.05, 4.69) is 0 Å². The molecule has 0 saturated heterocycles. The number of ether oxygens (including phenoxy) is 2. The Morgan fingerprint density at radius 3 is 3.06 bits per heavy atom. The summed E-state index contributed by atoms with van der Waals surface area (Å²) in [4.78, 5) is 11.0. The van der Waals surface area contributed by atoms with Crippen molar-refractivity contribution < 1.29 is 19.4 Å². The lowest BCUT2D eigenvalue weighted by molar-refractivity contribution is 0.0693. The fraction of sp³-hybridized carbons (Fsp3) is 0.0833. The smallest absolute Gasteiger partial charge is 0.339 e. The second kappa shape index (κ2) is 3.13. The molecule has 4 heteroatoms. The molecule has 1 N–H and O–H groups in total. The average Bonchev–Trinajstić information content (AvgIpc) is 2.76. The SMILES string of the molecule is O=C(O)c1cccc2c1OC=C1OCC=C12. The number of carboxylic acid groups (broad SMARTS) is 1. The van der Waals surface area contributed by atoms with E-state index in [1.807, 2.05) is 12.1 Å². The van der Waals surface area contributed by atoms with Crippen LogP contribution in [0.25, 0.3) is 5.57 Å². The third kappa shape index (κ3) is 1.13. The molecule has 16 heavy (non-hydrogen) atoms. The summed E-state index contributed by atoms with van der Waals surface area (Å²) in [6, 6.07) is 5.05. The molecular weight excluding hydrogens is 208 g/mol. The lowest BCUT2D eigenvalue weighted by Gasteiger charge is -2.17. The topological polar surface area (TPSA) is 55.8 Å². The van der Waals surface area contributed by atoms with Crippen LogP contribution in [0.4, 0.5) is 0 Å². The van der Waals surface area contributed by atoms with Gasteiger partial charge in [0.25, 0.3) is 0 Å². The predicted octanol–water partition coefficient (Wildman–Crippen LogP) is 2.03. The Bertz CT molecular complexity index is 540. The Labute approximate surface area is 91.4 Å². The molecular formula is C12H8O4. The first-order chi connectivity index (χ1) is 7.77. The molecule has 4 nitrogen and oxygen atoms in total. The van der Waals surface area contributed by atoms with E-state index < -0.39 is 5.97 Å². The van der Waals surface area contributed by atoms with Gasteiger partial charge in [-0.2, -0.15) is 0 Å². The molecule has 1 aromatic carbocycles. The van der Waals surface area contributed by atoms with Gasteiger partial charge in [-0.1, -0.05) is 12.1 Å². The van der Waals surface area contributed by atoms with Crippen molar-refractivity contribution in [2.75, 3.05) is 6.61 Å². The third-order valence-corrected chi connectivity index (χ3v) is 2.61. The van der Waals surface area contributed by atoms with E-state index in [0.29, 0.717) is 18.1 Å². The second-order valence-electron chi connectivity index (χ2n) is 3.52. The summed E-state index contributed by atoms with van der Waals surface area (Å²) in [5.74, 6) is 0.0544. The van der Waals surface area contributed by atoms with Gasteiger partial charge < -0.3 is 14.6 Å². The number of hydrogen-bond donors (Lipinski definition) is 1. The number of aromatic carboxylic acids is 1. The number of carboxylic acids is 1. The maximum absolute atomic E-state index is 11.0. The van der Waals surface area contributed by atoms with Gasteiger partial charge in [0.05, 0.1) is 0 Å². The monoisotopic (exact) mass is 216 g/mol. The maximum Gasteiger partial charge on any atom is 0.339 e. The van der Waals surface area contributed by atoms with Crippen molar-refractivity contribution in [2.45, 2.75) is 0 Å². The minimum atomic E-state index is -0.992. The number of rotatable bonds is 1. The number of carbonyl (C=O) groups is 1. The molecule has 0 fully saturated rings. The highest BCUT2D eigenvalue weighted by Crippen LogP contribution is 2.40. The van der Waals surface area contributed by atoms with Crippen molar-refractivity contribution >= 4 is 11.5 Å². The summed E-state index contributed by atoms with van der Waals surface area (Å²) < 4.78 is 10.6. The largest absolute Gasteiger partial charge is 0.486 e. The van der Waals surface area contributed by atoms with Crippen molar-refractivity contribution in [3.05, 3.63) is 47.4 Å². The normalized spacial score (nSPS) is 16.2. The van der Waals surface area contributed by atoms with E-state index in [4.69, 9.17) is 14.6 Å². The van der Waals surface area contributed by atoms with Gasteiger partial charge >= 0.3 is 5.97 Å². The van der Waals surface area contributed by atoms with Gasteiger partial charge in [0, 0.05) is 11.1 Å². The molecule has 0 spiro atoms. The van der Waals surface area contributed by atoms with Gasteiger partial charge in [0.2, 0.25) is 0 Å². The summed E-state index contributed by atoms with van der Waals surface area (Å²) >= 11 is 0. The summed E-state index contributed by atoms with van der Waals surface area (Å²) in [6.07, 6.45) is 3.37. The second-order valence-corrected chi connectivity index (χ2v) is 3.52. The number of benzene rings is 1. The van der Waals surface area contributed by atoms with Crippen LogP contribution in [0, 0.1) is 0 Å². The van der Waals surface area contributed by atoms with Gasteiger partial charge in [-0.3, -0.25) is 0 Å². The van der Waals surface area contributed by atoms with Crippen LogP contribution in [0.2, 0.25) is 0 Å². The molecule has 0 unspecified atom stereocenters. The van der Waals surface area contributed by atoms with E-state index in [0.717, 1.165) is 11.1 Å². The van der Waals surface area contributed by atoms with Crippen molar-refractivity contribution in [1.29, 1.82) is 0 Å². The van der Waals surface area contributed by atoms with Crippen LogP contribution in [0.5, 0.6) is 5.75 Å². The summed E-state index contributed by atoms with van der Waals surface area (Å²) in [5.41, 5.74) is 1.85. The van der Waals surface area contributed by atoms with Crippen LogP contribution in [0.15, 0.2) is 36.3 Å². The van der Waals surface area contributed by atoms with Gasteiger partial charge in [-0.25, -0.2) is 4.79 Å². The average molecular weight is 216 g/mol. The van der Waals surface area contributed by atoms with Gasteiger partial charge in [-0.05, 0) is 12.1 Å². The Morgan fingerprint density at radius 2 is 2.25 bits per heavy atom. The molecule has 0 aromatic heterocycles. The first-order valence-electron chi connectivity index (χ1n) is 4.84. The molecule has 1 aromatic rings. The highest BCUT2D eigenvalue weighted by atomic mass is 16.5. The van der Waals surface area contributed by atoms with Crippen LogP contribution in [0.1, 0.15) is 15.9 Å². The van der Waals surface area contributed by atoms with Crippen molar-refractivity contribution in [1.82, 2.24) is 0 Å². The Morgan fingerprint density at radius 1 is 1.38 bits per heavy atom. The van der Waals surface area contributed by atoms with E-state index in [1.54, 1.807) is 6.07 Å². The molecule has 0 atom stereocenters. The summed E-state index contributed by atoms with van der Waals surface area (Å²) in [7, 11) is 0. The van der Waals surface area contributed by atoms with Crippen LogP contribution in [-0.2, 0) is 4.74 Å². The zero-order valence-electron chi connectivity index (χ0n) is 8.27.